The third-order valence-corrected chi connectivity index (χ3v) is 2.98. The summed E-state index contributed by atoms with van der Waals surface area (Å²) in [6.07, 6.45) is 4.06. The summed E-state index contributed by atoms with van der Waals surface area (Å²) < 4.78 is 5.52. The fourth-order valence-corrected chi connectivity index (χ4v) is 1.52. The van der Waals surface area contributed by atoms with Crippen LogP contribution in [0.3, 0.4) is 0 Å². The van der Waals surface area contributed by atoms with Gasteiger partial charge in [-0.3, -0.25) is 0 Å². The molecule has 3 N–H and O–H groups in total. The molecule has 5 nitrogen and oxygen atoms in total. The fraction of sp³-hybridized carbons (Fsp3) is 0.667. The van der Waals surface area contributed by atoms with Gasteiger partial charge in [0.2, 0.25) is 5.88 Å². The van der Waals surface area contributed by atoms with E-state index in [0.29, 0.717) is 22.8 Å². The molecule has 1 fully saturated rings. The Morgan fingerprint density at radius 3 is 2.76 bits per heavy atom. The van der Waals surface area contributed by atoms with Crippen molar-refractivity contribution < 1.29 is 4.74 Å². The average Bonchev–Trinajstić information content (AvgIpc) is 2.98. The molecule has 1 aromatic rings. The maximum absolute atomic E-state index is 5.97. The zero-order chi connectivity index (χ0) is 12.5. The number of aromatic nitrogens is 2. The molecule has 1 aromatic heterocycles. The van der Waals surface area contributed by atoms with Crippen molar-refractivity contribution in [3.05, 3.63) is 6.33 Å². The van der Waals surface area contributed by atoms with Gasteiger partial charge in [-0.25, -0.2) is 4.98 Å². The third-order valence-electron chi connectivity index (χ3n) is 2.98. The van der Waals surface area contributed by atoms with Crippen molar-refractivity contribution >= 4 is 11.5 Å². The molecule has 0 saturated heterocycles. The molecule has 0 amide bonds. The summed E-state index contributed by atoms with van der Waals surface area (Å²) in [5.41, 5.74) is 6.87. The zero-order valence-electron chi connectivity index (χ0n) is 10.7. The van der Waals surface area contributed by atoms with Crippen molar-refractivity contribution in [2.75, 3.05) is 17.6 Å². The lowest BCUT2D eigenvalue weighted by molar-refractivity contribution is 0.234. The van der Waals surface area contributed by atoms with Crippen molar-refractivity contribution in [1.82, 2.24) is 9.97 Å². The molecule has 1 aliphatic carbocycles. The highest BCUT2D eigenvalue weighted by atomic mass is 16.5. The minimum absolute atomic E-state index is 0.0565. The minimum atomic E-state index is 0.0565. The molecule has 0 aliphatic heterocycles. The van der Waals surface area contributed by atoms with Crippen LogP contribution >= 0.6 is 0 Å². The number of hydrogen-bond acceptors (Lipinski definition) is 5. The van der Waals surface area contributed by atoms with Crippen molar-refractivity contribution in [1.29, 1.82) is 0 Å². The molecule has 1 heterocycles. The Bertz CT molecular complexity index is 401. The van der Waals surface area contributed by atoms with Gasteiger partial charge in [0.25, 0.3) is 0 Å². The number of nitrogen functional groups attached to an aromatic ring is 1. The van der Waals surface area contributed by atoms with E-state index >= 15 is 0 Å². The molecule has 5 heteroatoms. The quantitative estimate of drug-likeness (QED) is 0.818. The van der Waals surface area contributed by atoms with Gasteiger partial charge in [0.1, 0.15) is 12.0 Å². The summed E-state index contributed by atoms with van der Waals surface area (Å²) in [7, 11) is 0. The van der Waals surface area contributed by atoms with Gasteiger partial charge in [0, 0.05) is 6.54 Å². The smallest absolute Gasteiger partial charge is 0.242 e. The van der Waals surface area contributed by atoms with Crippen LogP contribution in [0.2, 0.25) is 0 Å². The van der Waals surface area contributed by atoms with Crippen LogP contribution in [0.15, 0.2) is 6.33 Å². The summed E-state index contributed by atoms with van der Waals surface area (Å²) in [5.74, 6) is 1.13. The zero-order valence-corrected chi connectivity index (χ0v) is 10.7. The van der Waals surface area contributed by atoms with E-state index in [9.17, 15) is 0 Å². The molecule has 0 unspecified atom stereocenters. The predicted molar refractivity (Wildman–Crippen MR) is 68.0 cm³/mol. The molecule has 0 radical (unpaired) electrons. The molecule has 17 heavy (non-hydrogen) atoms. The van der Waals surface area contributed by atoms with Gasteiger partial charge in [-0.2, -0.15) is 4.98 Å². The van der Waals surface area contributed by atoms with Crippen molar-refractivity contribution in [3.8, 4) is 5.88 Å². The summed E-state index contributed by atoms with van der Waals surface area (Å²) in [5, 5.41) is 3.27. The number of rotatable bonds is 5. The number of nitrogens with one attached hydrogen (secondary N) is 1. The topological polar surface area (TPSA) is 73.1 Å². The standard InChI is InChI=1S/C12H20N4O/c1-8(2)17-11-9(13)10(15-7-16-11)14-6-12(3)4-5-12/h7-8H,4-6,13H2,1-3H3,(H,14,15,16). The normalized spacial score (nSPS) is 16.9. The fourth-order valence-electron chi connectivity index (χ4n) is 1.52. The van der Waals surface area contributed by atoms with E-state index in [4.69, 9.17) is 10.5 Å². The van der Waals surface area contributed by atoms with E-state index in [1.807, 2.05) is 13.8 Å². The lowest BCUT2D eigenvalue weighted by Crippen LogP contribution is -2.16. The summed E-state index contributed by atoms with van der Waals surface area (Å²) in [4.78, 5) is 8.19. The lowest BCUT2D eigenvalue weighted by Gasteiger charge is -2.15. The van der Waals surface area contributed by atoms with Crippen LogP contribution in [0, 0.1) is 5.41 Å². The van der Waals surface area contributed by atoms with Gasteiger partial charge in [-0.05, 0) is 32.1 Å². The molecule has 0 aromatic carbocycles. The summed E-state index contributed by atoms with van der Waals surface area (Å²) in [6, 6.07) is 0. The van der Waals surface area contributed by atoms with Gasteiger partial charge in [-0.15, -0.1) is 0 Å². The Morgan fingerprint density at radius 1 is 1.47 bits per heavy atom. The highest BCUT2D eigenvalue weighted by Gasteiger charge is 2.37. The molecular formula is C12H20N4O. The van der Waals surface area contributed by atoms with Gasteiger partial charge >= 0.3 is 0 Å². The molecule has 0 bridgehead atoms. The first-order chi connectivity index (χ1) is 8.00. The number of nitrogens with two attached hydrogens (primary N) is 1. The predicted octanol–water partition coefficient (Wildman–Crippen LogP) is 2.06. The van der Waals surface area contributed by atoms with E-state index < -0.39 is 0 Å². The molecular weight excluding hydrogens is 216 g/mol. The van der Waals surface area contributed by atoms with Crippen molar-refractivity contribution in [2.24, 2.45) is 5.41 Å². The van der Waals surface area contributed by atoms with Crippen LogP contribution in [0.5, 0.6) is 5.88 Å². The first kappa shape index (κ1) is 12.0. The van der Waals surface area contributed by atoms with Crippen LogP contribution in [0.25, 0.3) is 0 Å². The van der Waals surface area contributed by atoms with Crippen LogP contribution in [0.1, 0.15) is 33.6 Å². The highest BCUT2D eigenvalue weighted by molar-refractivity contribution is 5.66. The van der Waals surface area contributed by atoms with Gasteiger partial charge in [0.15, 0.2) is 5.82 Å². The van der Waals surface area contributed by atoms with Gasteiger partial charge < -0.3 is 15.8 Å². The van der Waals surface area contributed by atoms with Crippen molar-refractivity contribution in [3.63, 3.8) is 0 Å². The van der Waals surface area contributed by atoms with Crippen LogP contribution in [-0.2, 0) is 0 Å². The maximum Gasteiger partial charge on any atom is 0.242 e. The summed E-state index contributed by atoms with van der Waals surface area (Å²) in [6.45, 7) is 7.04. The second-order valence-corrected chi connectivity index (χ2v) is 5.27. The van der Waals surface area contributed by atoms with Crippen LogP contribution < -0.4 is 15.8 Å². The Labute approximate surface area is 102 Å². The largest absolute Gasteiger partial charge is 0.473 e. The number of anilines is 2. The first-order valence-corrected chi connectivity index (χ1v) is 6.01. The van der Waals surface area contributed by atoms with Crippen LogP contribution in [-0.4, -0.2) is 22.6 Å². The number of nitrogens with zero attached hydrogens (tertiary/aromatic N) is 2. The molecule has 2 rings (SSSR count). The maximum atomic E-state index is 5.97. The Balaban J connectivity index is 2.05. The lowest BCUT2D eigenvalue weighted by atomic mass is 10.1. The number of ether oxygens (including phenoxy) is 1. The van der Waals surface area contributed by atoms with Gasteiger partial charge in [0.05, 0.1) is 6.10 Å². The Morgan fingerprint density at radius 2 is 2.18 bits per heavy atom. The monoisotopic (exact) mass is 236 g/mol. The van der Waals surface area contributed by atoms with Crippen LogP contribution in [0.4, 0.5) is 11.5 Å². The van der Waals surface area contributed by atoms with E-state index in [2.05, 4.69) is 22.2 Å². The molecule has 94 valence electrons. The molecule has 0 spiro atoms. The Hall–Kier alpha value is -1.52. The second-order valence-electron chi connectivity index (χ2n) is 5.27. The first-order valence-electron chi connectivity index (χ1n) is 6.01. The number of hydrogen-bond donors (Lipinski definition) is 2. The van der Waals surface area contributed by atoms with Crippen molar-refractivity contribution in [2.45, 2.75) is 39.7 Å². The van der Waals surface area contributed by atoms with Gasteiger partial charge in [-0.1, -0.05) is 6.92 Å². The summed E-state index contributed by atoms with van der Waals surface area (Å²) >= 11 is 0. The third kappa shape index (κ3) is 2.99. The molecule has 1 aliphatic rings. The molecule has 1 saturated carbocycles. The second kappa shape index (κ2) is 4.39. The molecule has 0 atom stereocenters. The Kier molecular flexibility index (Phi) is 3.09. The van der Waals surface area contributed by atoms with E-state index in [1.54, 1.807) is 0 Å². The SMILES string of the molecule is CC(C)Oc1ncnc(NCC2(C)CC2)c1N. The highest BCUT2D eigenvalue weighted by Crippen LogP contribution is 2.45. The van der Waals surface area contributed by atoms with E-state index in [0.717, 1.165) is 6.54 Å². The van der Waals surface area contributed by atoms with E-state index in [1.165, 1.54) is 19.2 Å². The average molecular weight is 236 g/mol. The van der Waals surface area contributed by atoms with E-state index in [-0.39, 0.29) is 6.10 Å². The minimum Gasteiger partial charge on any atom is -0.473 e.